The van der Waals surface area contributed by atoms with Gasteiger partial charge in [-0.15, -0.1) is 0 Å². The van der Waals surface area contributed by atoms with E-state index in [0.29, 0.717) is 19.1 Å². The van der Waals surface area contributed by atoms with E-state index in [0.717, 1.165) is 25.9 Å². The fraction of sp³-hybridized carbons (Fsp3) is 1.00. The number of hydrogen-bond donors (Lipinski definition) is 1. The fourth-order valence-corrected chi connectivity index (χ4v) is 3.45. The van der Waals surface area contributed by atoms with E-state index in [9.17, 15) is 8.42 Å². The average molecular weight is 220 g/mol. The largest absolute Gasteiger partial charge is 0.381 e. The zero-order chi connectivity index (χ0) is 10.2. The maximum absolute atomic E-state index is 11.3. The molecule has 2 aliphatic rings. The summed E-state index contributed by atoms with van der Waals surface area (Å²) in [6.07, 6.45) is 2.79. The molecule has 0 bridgehead atoms. The minimum Gasteiger partial charge on any atom is -0.381 e. The average Bonchev–Trinajstić information content (AvgIpc) is 2.73. The summed E-state index contributed by atoms with van der Waals surface area (Å²) in [6.45, 7) is 2.00. The minimum absolute atomic E-state index is 0.0764. The molecule has 0 aromatic heterocycles. The van der Waals surface area contributed by atoms with Crippen molar-refractivity contribution in [2.24, 2.45) is 11.1 Å². The first kappa shape index (κ1) is 10.4. The lowest BCUT2D eigenvalue weighted by Gasteiger charge is -2.25. The molecule has 0 radical (unpaired) electrons. The molecule has 2 fully saturated rings. The highest BCUT2D eigenvalue weighted by Gasteiger charge is 2.38. The zero-order valence-electron chi connectivity index (χ0n) is 8.05. The predicted octanol–water partition coefficient (Wildman–Crippen LogP) is -0.309. The van der Waals surface area contributed by atoms with Crippen LogP contribution in [0.1, 0.15) is 19.3 Å². The molecular formula is C8H16N2O3S. The number of hydrogen-bond acceptors (Lipinski definition) is 3. The van der Waals surface area contributed by atoms with Crippen LogP contribution >= 0.6 is 0 Å². The van der Waals surface area contributed by atoms with E-state index in [1.165, 1.54) is 4.31 Å². The van der Waals surface area contributed by atoms with Crippen LogP contribution in [0.15, 0.2) is 0 Å². The molecule has 2 heterocycles. The first-order chi connectivity index (χ1) is 6.59. The number of rotatable bonds is 2. The van der Waals surface area contributed by atoms with Crippen LogP contribution in [0.5, 0.6) is 0 Å². The van der Waals surface area contributed by atoms with Gasteiger partial charge in [0, 0.05) is 25.1 Å². The monoisotopic (exact) mass is 220 g/mol. The summed E-state index contributed by atoms with van der Waals surface area (Å²) in [5, 5.41) is 5.16. The third-order valence-corrected chi connectivity index (χ3v) is 4.19. The maximum Gasteiger partial charge on any atom is 0.277 e. The van der Waals surface area contributed by atoms with E-state index in [1.807, 2.05) is 0 Å². The Balaban J connectivity index is 2.10. The molecule has 2 rings (SSSR count). The highest BCUT2D eigenvalue weighted by Crippen LogP contribution is 2.30. The highest BCUT2D eigenvalue weighted by atomic mass is 32.2. The molecule has 2 saturated heterocycles. The van der Waals surface area contributed by atoms with Gasteiger partial charge in [0.05, 0.1) is 6.61 Å². The predicted molar refractivity (Wildman–Crippen MR) is 51.8 cm³/mol. The molecule has 0 saturated carbocycles. The van der Waals surface area contributed by atoms with E-state index < -0.39 is 10.2 Å². The van der Waals surface area contributed by atoms with Crippen molar-refractivity contribution in [2.45, 2.75) is 25.3 Å². The van der Waals surface area contributed by atoms with Gasteiger partial charge in [-0.1, -0.05) is 0 Å². The Kier molecular flexibility index (Phi) is 2.79. The molecule has 1 unspecified atom stereocenters. The Morgan fingerprint density at radius 3 is 2.71 bits per heavy atom. The second-order valence-electron chi connectivity index (χ2n) is 3.99. The molecular weight excluding hydrogens is 204 g/mol. The van der Waals surface area contributed by atoms with Crippen LogP contribution in [0.2, 0.25) is 0 Å². The minimum atomic E-state index is -3.51. The van der Waals surface area contributed by atoms with Gasteiger partial charge in [-0.2, -0.15) is 12.7 Å². The van der Waals surface area contributed by atoms with Crippen LogP contribution in [0.3, 0.4) is 0 Å². The topological polar surface area (TPSA) is 72.6 Å². The van der Waals surface area contributed by atoms with Crippen LogP contribution in [-0.2, 0) is 14.9 Å². The molecule has 2 N–H and O–H groups in total. The van der Waals surface area contributed by atoms with Crippen LogP contribution in [0.4, 0.5) is 0 Å². The standard InChI is InChI=1S/C8H16N2O3S/c9-14(11,12)10-4-1-2-8(10)7-3-5-13-6-7/h7-8H,1-6H2,(H2,9,11,12)/t7-,8?/m1/s1. The summed E-state index contributed by atoms with van der Waals surface area (Å²) < 4.78 is 29.2. The van der Waals surface area contributed by atoms with Gasteiger partial charge in [0.25, 0.3) is 10.2 Å². The quantitative estimate of drug-likeness (QED) is 0.694. The number of nitrogens with two attached hydrogens (primary N) is 1. The highest BCUT2D eigenvalue weighted by molar-refractivity contribution is 7.86. The molecule has 82 valence electrons. The summed E-state index contributed by atoms with van der Waals surface area (Å²) in [5.41, 5.74) is 0. The van der Waals surface area contributed by atoms with Crippen molar-refractivity contribution in [3.8, 4) is 0 Å². The molecule has 0 aromatic carbocycles. The Bertz CT molecular complexity index is 298. The maximum atomic E-state index is 11.3. The Hall–Kier alpha value is -0.170. The lowest BCUT2D eigenvalue weighted by Crippen LogP contribution is -2.43. The van der Waals surface area contributed by atoms with Crippen molar-refractivity contribution in [1.82, 2.24) is 4.31 Å². The molecule has 0 aromatic rings. The molecule has 14 heavy (non-hydrogen) atoms. The third-order valence-electron chi connectivity index (χ3n) is 3.08. The molecule has 0 spiro atoms. The van der Waals surface area contributed by atoms with Gasteiger partial charge in [0.2, 0.25) is 0 Å². The SMILES string of the molecule is NS(=O)(=O)N1CCCC1[C@@H]1CCOC1. The molecule has 6 heteroatoms. The number of ether oxygens (including phenoxy) is 1. The smallest absolute Gasteiger partial charge is 0.277 e. The van der Waals surface area contributed by atoms with E-state index in [1.54, 1.807) is 0 Å². The van der Waals surface area contributed by atoms with Crippen molar-refractivity contribution in [3.63, 3.8) is 0 Å². The van der Waals surface area contributed by atoms with Gasteiger partial charge in [-0.25, -0.2) is 5.14 Å². The fourth-order valence-electron chi connectivity index (χ4n) is 2.41. The summed E-state index contributed by atoms with van der Waals surface area (Å²) in [4.78, 5) is 0. The summed E-state index contributed by atoms with van der Waals surface area (Å²) >= 11 is 0. The summed E-state index contributed by atoms with van der Waals surface area (Å²) in [5.74, 6) is 0.343. The first-order valence-corrected chi connectivity index (χ1v) is 6.46. The van der Waals surface area contributed by atoms with Crippen molar-refractivity contribution < 1.29 is 13.2 Å². The second-order valence-corrected chi connectivity index (χ2v) is 5.49. The van der Waals surface area contributed by atoms with Crippen LogP contribution in [0, 0.1) is 5.92 Å². The third kappa shape index (κ3) is 1.93. The molecule has 5 nitrogen and oxygen atoms in total. The van der Waals surface area contributed by atoms with E-state index in [-0.39, 0.29) is 6.04 Å². The van der Waals surface area contributed by atoms with E-state index in [2.05, 4.69) is 0 Å². The molecule has 2 aliphatic heterocycles. The normalized spacial score (nSPS) is 35.2. The summed E-state index contributed by atoms with van der Waals surface area (Å²) in [7, 11) is -3.51. The van der Waals surface area contributed by atoms with E-state index in [4.69, 9.17) is 9.88 Å². The van der Waals surface area contributed by atoms with Crippen molar-refractivity contribution in [1.29, 1.82) is 0 Å². The first-order valence-electron chi connectivity index (χ1n) is 4.96. The zero-order valence-corrected chi connectivity index (χ0v) is 8.87. The Morgan fingerprint density at radius 1 is 1.36 bits per heavy atom. The van der Waals surface area contributed by atoms with Crippen molar-refractivity contribution in [3.05, 3.63) is 0 Å². The van der Waals surface area contributed by atoms with Gasteiger partial charge in [-0.05, 0) is 19.3 Å². The van der Waals surface area contributed by atoms with Gasteiger partial charge < -0.3 is 4.74 Å². The van der Waals surface area contributed by atoms with Gasteiger partial charge in [0.15, 0.2) is 0 Å². The molecule has 2 atom stereocenters. The van der Waals surface area contributed by atoms with Crippen LogP contribution in [0.25, 0.3) is 0 Å². The van der Waals surface area contributed by atoms with Crippen molar-refractivity contribution >= 4 is 10.2 Å². The Morgan fingerprint density at radius 2 is 2.14 bits per heavy atom. The second kappa shape index (κ2) is 3.77. The molecule has 0 amide bonds. The van der Waals surface area contributed by atoms with Gasteiger partial charge >= 0.3 is 0 Å². The van der Waals surface area contributed by atoms with Crippen LogP contribution < -0.4 is 5.14 Å². The van der Waals surface area contributed by atoms with Gasteiger partial charge in [-0.3, -0.25) is 0 Å². The Labute approximate surface area is 84.4 Å². The molecule has 0 aliphatic carbocycles. The van der Waals surface area contributed by atoms with Crippen LogP contribution in [-0.4, -0.2) is 38.5 Å². The lowest BCUT2D eigenvalue weighted by molar-refractivity contribution is 0.169. The lowest BCUT2D eigenvalue weighted by atomic mass is 9.98. The summed E-state index contributed by atoms with van der Waals surface area (Å²) in [6, 6.07) is 0.0764. The van der Waals surface area contributed by atoms with Gasteiger partial charge in [0.1, 0.15) is 0 Å². The van der Waals surface area contributed by atoms with E-state index >= 15 is 0 Å². The number of nitrogens with zero attached hydrogens (tertiary/aromatic N) is 1. The van der Waals surface area contributed by atoms with Crippen molar-refractivity contribution in [2.75, 3.05) is 19.8 Å².